The molecule has 186 valence electrons. The van der Waals surface area contributed by atoms with Gasteiger partial charge >= 0.3 is 0 Å². The van der Waals surface area contributed by atoms with Crippen molar-refractivity contribution in [2.45, 2.75) is 69.4 Å². The minimum Gasteiger partial charge on any atom is -0.507 e. The molecule has 0 bridgehead atoms. The van der Waals surface area contributed by atoms with Crippen molar-refractivity contribution in [3.8, 4) is 5.75 Å². The topological polar surface area (TPSA) is 97.5 Å². The smallest absolute Gasteiger partial charge is 0.269 e. The molecule has 0 aromatic heterocycles. The van der Waals surface area contributed by atoms with Crippen LogP contribution in [0.25, 0.3) is 0 Å². The number of nitro benzene ring substituents is 1. The van der Waals surface area contributed by atoms with Gasteiger partial charge in [-0.05, 0) is 64.3 Å². The molecule has 1 atom stereocenters. The fourth-order valence-electron chi connectivity index (χ4n) is 4.14. The Balaban J connectivity index is 2.38. The van der Waals surface area contributed by atoms with Crippen LogP contribution in [0.4, 0.5) is 5.69 Å². The third-order valence-electron chi connectivity index (χ3n) is 6.12. The SMILES string of the molecule is Cc1ccc(S(=O)(=O)C(c2ccc([N+](=O)[O-])cc2)c2cc(C(C)(C)C)c(O)c(C(C)(C)C)c2)cc1. The fraction of sp³-hybridized carbons (Fsp3) is 0.357. The summed E-state index contributed by atoms with van der Waals surface area (Å²) in [5, 5.41) is 21.3. The summed E-state index contributed by atoms with van der Waals surface area (Å²) in [6.45, 7) is 13.7. The highest BCUT2D eigenvalue weighted by molar-refractivity contribution is 7.91. The highest BCUT2D eigenvalue weighted by atomic mass is 32.2. The van der Waals surface area contributed by atoms with Crippen LogP contribution in [0.3, 0.4) is 0 Å². The fourth-order valence-corrected chi connectivity index (χ4v) is 5.93. The molecule has 3 aromatic carbocycles. The van der Waals surface area contributed by atoms with Crippen molar-refractivity contribution in [1.29, 1.82) is 0 Å². The predicted octanol–water partition coefficient (Wildman–Crippen LogP) is 6.77. The number of hydrogen-bond acceptors (Lipinski definition) is 5. The second kappa shape index (κ2) is 9.11. The summed E-state index contributed by atoms with van der Waals surface area (Å²) in [5.74, 6) is 0.156. The van der Waals surface area contributed by atoms with Gasteiger partial charge in [-0.3, -0.25) is 10.1 Å². The standard InChI is InChI=1S/C28H33NO5S/c1-18-8-14-22(15-9-18)35(33,34)26(19-10-12-21(13-11-19)29(31)32)20-16-23(27(2,3)4)25(30)24(17-20)28(5,6)7/h8-17,26,30H,1-7H3. The number of phenolic OH excluding ortho intramolecular Hbond substituents is 1. The van der Waals surface area contributed by atoms with Crippen LogP contribution in [0.2, 0.25) is 0 Å². The zero-order valence-corrected chi connectivity index (χ0v) is 22.1. The van der Waals surface area contributed by atoms with Gasteiger partial charge in [0.25, 0.3) is 5.69 Å². The zero-order chi connectivity index (χ0) is 26.3. The number of benzene rings is 3. The molecule has 0 fully saturated rings. The quantitative estimate of drug-likeness (QED) is 0.311. The molecular weight excluding hydrogens is 462 g/mol. The molecule has 0 heterocycles. The molecule has 0 aliphatic rings. The molecule has 0 aliphatic carbocycles. The average Bonchev–Trinajstić information content (AvgIpc) is 2.73. The maximum absolute atomic E-state index is 14.1. The lowest BCUT2D eigenvalue weighted by molar-refractivity contribution is -0.384. The van der Waals surface area contributed by atoms with Crippen molar-refractivity contribution in [1.82, 2.24) is 0 Å². The second-order valence-electron chi connectivity index (χ2n) is 11.1. The first-order valence-corrected chi connectivity index (χ1v) is 13.0. The Kier molecular flexibility index (Phi) is 6.88. The molecule has 0 saturated heterocycles. The number of rotatable bonds is 5. The second-order valence-corrected chi connectivity index (χ2v) is 13.1. The van der Waals surface area contributed by atoms with Gasteiger partial charge in [0.15, 0.2) is 9.84 Å². The monoisotopic (exact) mass is 495 g/mol. The van der Waals surface area contributed by atoms with E-state index < -0.39 is 30.8 Å². The molecular formula is C28H33NO5S. The van der Waals surface area contributed by atoms with Crippen molar-refractivity contribution in [2.75, 3.05) is 0 Å². The van der Waals surface area contributed by atoms with E-state index in [1.54, 1.807) is 36.4 Å². The van der Waals surface area contributed by atoms with E-state index >= 15 is 0 Å². The van der Waals surface area contributed by atoms with E-state index in [1.165, 1.54) is 24.3 Å². The van der Waals surface area contributed by atoms with Gasteiger partial charge in [0.2, 0.25) is 0 Å². The van der Waals surface area contributed by atoms with Crippen LogP contribution in [0.5, 0.6) is 5.75 Å². The lowest BCUT2D eigenvalue weighted by atomic mass is 9.78. The number of non-ortho nitro benzene ring substituents is 1. The number of nitrogens with zero attached hydrogens (tertiary/aromatic N) is 1. The van der Waals surface area contributed by atoms with Crippen molar-refractivity contribution < 1.29 is 18.4 Å². The Labute approximate surface area is 207 Å². The normalized spacial score (nSPS) is 13.5. The molecule has 6 nitrogen and oxygen atoms in total. The summed E-state index contributed by atoms with van der Waals surface area (Å²) in [6, 6.07) is 15.8. The molecule has 3 aromatic rings. The van der Waals surface area contributed by atoms with Crippen LogP contribution >= 0.6 is 0 Å². The van der Waals surface area contributed by atoms with Gasteiger partial charge in [0.05, 0.1) is 9.82 Å². The van der Waals surface area contributed by atoms with E-state index in [0.717, 1.165) is 5.56 Å². The summed E-state index contributed by atoms with van der Waals surface area (Å²) in [5.41, 5.74) is 2.13. The summed E-state index contributed by atoms with van der Waals surface area (Å²) in [7, 11) is -3.95. The number of phenols is 1. The van der Waals surface area contributed by atoms with E-state index in [1.807, 2.05) is 48.5 Å². The molecule has 1 unspecified atom stereocenters. The summed E-state index contributed by atoms with van der Waals surface area (Å²) >= 11 is 0. The van der Waals surface area contributed by atoms with Crippen molar-refractivity contribution in [3.05, 3.63) is 98.6 Å². The van der Waals surface area contributed by atoms with Gasteiger partial charge in [-0.2, -0.15) is 0 Å². The van der Waals surface area contributed by atoms with Gasteiger partial charge < -0.3 is 5.11 Å². The first-order valence-electron chi connectivity index (χ1n) is 11.5. The number of nitro groups is 1. The van der Waals surface area contributed by atoms with Gasteiger partial charge in [0, 0.05) is 12.1 Å². The van der Waals surface area contributed by atoms with Gasteiger partial charge in [0.1, 0.15) is 11.0 Å². The Morgan fingerprint density at radius 3 is 1.66 bits per heavy atom. The van der Waals surface area contributed by atoms with E-state index in [2.05, 4.69) is 0 Å². The molecule has 7 heteroatoms. The van der Waals surface area contributed by atoms with E-state index in [0.29, 0.717) is 22.3 Å². The molecule has 1 N–H and O–H groups in total. The summed E-state index contributed by atoms with van der Waals surface area (Å²) in [6.07, 6.45) is 0. The van der Waals surface area contributed by atoms with Crippen LogP contribution < -0.4 is 0 Å². The van der Waals surface area contributed by atoms with Gasteiger partial charge in [-0.25, -0.2) is 8.42 Å². The molecule has 0 amide bonds. The first kappa shape index (κ1) is 26.4. The van der Waals surface area contributed by atoms with E-state index in [9.17, 15) is 23.6 Å². The summed E-state index contributed by atoms with van der Waals surface area (Å²) in [4.78, 5) is 10.9. The van der Waals surface area contributed by atoms with Gasteiger partial charge in [-0.1, -0.05) is 71.4 Å². The highest BCUT2D eigenvalue weighted by Crippen LogP contribution is 2.44. The van der Waals surface area contributed by atoms with Crippen LogP contribution in [0, 0.1) is 17.0 Å². The van der Waals surface area contributed by atoms with Crippen LogP contribution in [-0.2, 0) is 20.7 Å². The predicted molar refractivity (Wildman–Crippen MR) is 139 cm³/mol. The van der Waals surface area contributed by atoms with Crippen molar-refractivity contribution in [2.24, 2.45) is 0 Å². The maximum atomic E-state index is 14.1. The maximum Gasteiger partial charge on any atom is 0.269 e. The summed E-state index contributed by atoms with van der Waals surface area (Å²) < 4.78 is 28.1. The minimum atomic E-state index is -3.95. The largest absolute Gasteiger partial charge is 0.507 e. The number of hydrogen-bond donors (Lipinski definition) is 1. The molecule has 0 saturated carbocycles. The Bertz CT molecular complexity index is 1310. The number of aryl methyl sites for hydroxylation is 1. The third kappa shape index (κ3) is 5.40. The molecule has 3 rings (SSSR count). The van der Waals surface area contributed by atoms with E-state index in [4.69, 9.17) is 0 Å². The first-order chi connectivity index (χ1) is 16.0. The molecule has 0 aliphatic heterocycles. The number of aromatic hydroxyl groups is 1. The lowest BCUT2D eigenvalue weighted by Crippen LogP contribution is -2.21. The van der Waals surface area contributed by atoms with Crippen molar-refractivity contribution in [3.63, 3.8) is 0 Å². The average molecular weight is 496 g/mol. The third-order valence-corrected chi connectivity index (χ3v) is 8.21. The highest BCUT2D eigenvalue weighted by Gasteiger charge is 2.35. The molecule has 0 radical (unpaired) electrons. The Morgan fingerprint density at radius 2 is 1.26 bits per heavy atom. The minimum absolute atomic E-state index is 0.114. The number of sulfone groups is 1. The van der Waals surface area contributed by atoms with Crippen LogP contribution in [0.1, 0.15) is 74.6 Å². The van der Waals surface area contributed by atoms with Crippen LogP contribution in [0.15, 0.2) is 65.6 Å². The van der Waals surface area contributed by atoms with Gasteiger partial charge in [-0.15, -0.1) is 0 Å². The molecule has 0 spiro atoms. The Morgan fingerprint density at radius 1 is 0.800 bits per heavy atom. The van der Waals surface area contributed by atoms with Crippen LogP contribution in [-0.4, -0.2) is 18.4 Å². The van der Waals surface area contributed by atoms with Crippen molar-refractivity contribution >= 4 is 15.5 Å². The lowest BCUT2D eigenvalue weighted by Gasteiger charge is -2.30. The molecule has 35 heavy (non-hydrogen) atoms. The Hall–Kier alpha value is -3.19. The van der Waals surface area contributed by atoms with E-state index in [-0.39, 0.29) is 16.3 Å². The zero-order valence-electron chi connectivity index (χ0n) is 21.3.